The van der Waals surface area contributed by atoms with E-state index in [9.17, 15) is 0 Å². The van der Waals surface area contributed by atoms with Gasteiger partial charge in [-0.25, -0.2) is 0 Å². The van der Waals surface area contributed by atoms with Gasteiger partial charge in [-0.1, -0.05) is 42.0 Å². The highest BCUT2D eigenvalue weighted by Gasteiger charge is 2.27. The Balaban J connectivity index is 2.21. The van der Waals surface area contributed by atoms with Gasteiger partial charge in [-0.3, -0.25) is 0 Å². The molecule has 1 heteroatoms. The minimum atomic E-state index is -0.116. The van der Waals surface area contributed by atoms with Gasteiger partial charge in [0.15, 0.2) is 0 Å². The van der Waals surface area contributed by atoms with Crippen molar-refractivity contribution in [2.45, 2.75) is 38.1 Å². The second-order valence-corrected chi connectivity index (χ2v) is 4.61. The molecule has 15 heavy (non-hydrogen) atoms. The normalized spacial score (nSPS) is 26.9. The van der Waals surface area contributed by atoms with Crippen LogP contribution in [0.2, 0.25) is 0 Å². The Kier molecular flexibility index (Phi) is 2.92. The summed E-state index contributed by atoms with van der Waals surface area (Å²) in [5.41, 5.74) is 9.16. The van der Waals surface area contributed by atoms with Gasteiger partial charge in [0.25, 0.3) is 0 Å². The van der Waals surface area contributed by atoms with E-state index in [-0.39, 0.29) is 5.54 Å². The molecule has 0 saturated heterocycles. The van der Waals surface area contributed by atoms with Gasteiger partial charge in [0.2, 0.25) is 0 Å². The molecule has 1 aliphatic rings. The Morgan fingerprint density at radius 1 is 1.13 bits per heavy atom. The summed E-state index contributed by atoms with van der Waals surface area (Å²) in [6.45, 7) is 2.21. The van der Waals surface area contributed by atoms with Crippen molar-refractivity contribution in [2.24, 2.45) is 5.73 Å². The molecule has 0 aromatic heterocycles. The summed E-state index contributed by atoms with van der Waals surface area (Å²) in [6, 6.07) is 10.5. The van der Waals surface area contributed by atoms with E-state index in [0.717, 1.165) is 25.7 Å². The van der Waals surface area contributed by atoms with Gasteiger partial charge in [0.1, 0.15) is 0 Å². The molecule has 0 radical (unpaired) electrons. The van der Waals surface area contributed by atoms with Crippen LogP contribution in [0.25, 0.3) is 0 Å². The maximum absolute atomic E-state index is 6.51. The quantitative estimate of drug-likeness (QED) is 0.693. The molecule has 1 atom stereocenters. The number of benzene rings is 1. The van der Waals surface area contributed by atoms with E-state index < -0.39 is 0 Å². The third-order valence-corrected chi connectivity index (χ3v) is 3.40. The Morgan fingerprint density at radius 3 is 2.60 bits per heavy atom. The molecule has 2 N–H and O–H groups in total. The number of rotatable bonds is 1. The molecule has 1 unspecified atom stereocenters. The third kappa shape index (κ3) is 2.29. The topological polar surface area (TPSA) is 26.0 Å². The Labute approximate surface area is 92.0 Å². The number of allylic oxidation sites excluding steroid dienone is 2. The van der Waals surface area contributed by atoms with E-state index in [1.807, 2.05) is 6.07 Å². The van der Waals surface area contributed by atoms with E-state index in [0.29, 0.717) is 0 Å². The van der Waals surface area contributed by atoms with E-state index in [1.54, 1.807) is 0 Å². The second kappa shape index (κ2) is 4.19. The predicted molar refractivity (Wildman–Crippen MR) is 64.5 cm³/mol. The highest BCUT2D eigenvalue weighted by atomic mass is 14.7. The zero-order valence-corrected chi connectivity index (χ0v) is 9.37. The van der Waals surface area contributed by atoms with Crippen molar-refractivity contribution in [3.63, 3.8) is 0 Å². The Hall–Kier alpha value is -1.08. The lowest BCUT2D eigenvalue weighted by molar-refractivity contribution is 0.389. The first-order valence-corrected chi connectivity index (χ1v) is 5.71. The van der Waals surface area contributed by atoms with Gasteiger partial charge in [-0.05, 0) is 38.2 Å². The van der Waals surface area contributed by atoms with E-state index in [1.165, 1.54) is 11.1 Å². The van der Waals surface area contributed by atoms with Gasteiger partial charge >= 0.3 is 0 Å². The summed E-state index contributed by atoms with van der Waals surface area (Å²) in [7, 11) is 0. The van der Waals surface area contributed by atoms with Gasteiger partial charge in [-0.2, -0.15) is 0 Å². The molecule has 0 saturated carbocycles. The SMILES string of the molecule is CC1=CCCC(N)(c2ccccc2)CC1. The number of hydrogen-bond acceptors (Lipinski definition) is 1. The van der Waals surface area contributed by atoms with E-state index >= 15 is 0 Å². The summed E-state index contributed by atoms with van der Waals surface area (Å²) >= 11 is 0. The second-order valence-electron chi connectivity index (χ2n) is 4.61. The molecule has 1 aromatic carbocycles. The van der Waals surface area contributed by atoms with Crippen LogP contribution in [-0.2, 0) is 5.54 Å². The lowest BCUT2D eigenvalue weighted by atomic mass is 9.83. The number of nitrogens with two attached hydrogens (primary N) is 1. The molecule has 0 aliphatic heterocycles. The molecular weight excluding hydrogens is 182 g/mol. The molecule has 80 valence electrons. The largest absolute Gasteiger partial charge is 0.321 e. The van der Waals surface area contributed by atoms with Crippen LogP contribution in [0.5, 0.6) is 0 Å². The standard InChI is InChI=1S/C14H19N/c1-12-6-5-10-14(15,11-9-12)13-7-3-2-4-8-13/h2-4,6-8H,5,9-11,15H2,1H3. The van der Waals surface area contributed by atoms with Crippen molar-refractivity contribution in [2.75, 3.05) is 0 Å². The van der Waals surface area contributed by atoms with Crippen molar-refractivity contribution in [3.05, 3.63) is 47.5 Å². The molecule has 0 heterocycles. The van der Waals surface area contributed by atoms with Crippen molar-refractivity contribution in [1.29, 1.82) is 0 Å². The van der Waals surface area contributed by atoms with Gasteiger partial charge in [0.05, 0.1) is 0 Å². The smallest absolute Gasteiger partial charge is 0.0415 e. The summed E-state index contributed by atoms with van der Waals surface area (Å²) < 4.78 is 0. The molecule has 0 bridgehead atoms. The van der Waals surface area contributed by atoms with Crippen molar-refractivity contribution in [1.82, 2.24) is 0 Å². The van der Waals surface area contributed by atoms with Crippen LogP contribution in [0.15, 0.2) is 42.0 Å². The lowest BCUT2D eigenvalue weighted by Crippen LogP contribution is -2.36. The fourth-order valence-corrected chi connectivity index (χ4v) is 2.28. The first-order chi connectivity index (χ1) is 7.21. The van der Waals surface area contributed by atoms with Gasteiger partial charge in [-0.15, -0.1) is 0 Å². The van der Waals surface area contributed by atoms with Crippen LogP contribution >= 0.6 is 0 Å². The zero-order valence-electron chi connectivity index (χ0n) is 9.37. The van der Waals surface area contributed by atoms with Gasteiger partial charge < -0.3 is 5.73 Å². The Morgan fingerprint density at radius 2 is 1.87 bits per heavy atom. The van der Waals surface area contributed by atoms with Crippen LogP contribution in [0.1, 0.15) is 38.2 Å². The summed E-state index contributed by atoms with van der Waals surface area (Å²) in [5, 5.41) is 0. The van der Waals surface area contributed by atoms with E-state index in [2.05, 4.69) is 37.3 Å². The Bertz CT molecular complexity index is 353. The van der Waals surface area contributed by atoms with Crippen molar-refractivity contribution >= 4 is 0 Å². The minimum absolute atomic E-state index is 0.116. The molecule has 1 aliphatic carbocycles. The molecule has 2 rings (SSSR count). The maximum atomic E-state index is 6.51. The zero-order chi connectivity index (χ0) is 10.7. The third-order valence-electron chi connectivity index (χ3n) is 3.40. The molecule has 0 spiro atoms. The van der Waals surface area contributed by atoms with Crippen LogP contribution in [0, 0.1) is 0 Å². The monoisotopic (exact) mass is 201 g/mol. The molecule has 0 amide bonds. The van der Waals surface area contributed by atoms with Crippen LogP contribution in [0.3, 0.4) is 0 Å². The van der Waals surface area contributed by atoms with E-state index in [4.69, 9.17) is 5.73 Å². The predicted octanol–water partition coefficient (Wildman–Crippen LogP) is 3.36. The van der Waals surface area contributed by atoms with Crippen molar-refractivity contribution in [3.8, 4) is 0 Å². The highest BCUT2D eigenvalue weighted by molar-refractivity contribution is 5.25. The first-order valence-electron chi connectivity index (χ1n) is 5.71. The molecule has 0 fully saturated rings. The van der Waals surface area contributed by atoms with Crippen LogP contribution < -0.4 is 5.73 Å². The maximum Gasteiger partial charge on any atom is 0.0415 e. The summed E-state index contributed by atoms with van der Waals surface area (Å²) in [4.78, 5) is 0. The average molecular weight is 201 g/mol. The molecule has 1 nitrogen and oxygen atoms in total. The minimum Gasteiger partial charge on any atom is -0.321 e. The van der Waals surface area contributed by atoms with Crippen LogP contribution in [-0.4, -0.2) is 0 Å². The average Bonchev–Trinajstić information content (AvgIpc) is 2.44. The van der Waals surface area contributed by atoms with Crippen LogP contribution in [0.4, 0.5) is 0 Å². The summed E-state index contributed by atoms with van der Waals surface area (Å²) in [6.07, 6.45) is 6.70. The fourth-order valence-electron chi connectivity index (χ4n) is 2.28. The molecular formula is C14H19N. The fraction of sp³-hybridized carbons (Fsp3) is 0.429. The first kappa shape index (κ1) is 10.4. The van der Waals surface area contributed by atoms with Gasteiger partial charge in [0, 0.05) is 5.54 Å². The molecule has 1 aromatic rings. The van der Waals surface area contributed by atoms with Crippen molar-refractivity contribution < 1.29 is 0 Å². The lowest BCUT2D eigenvalue weighted by Gasteiger charge is -2.28. The highest BCUT2D eigenvalue weighted by Crippen LogP contribution is 2.32. The summed E-state index contributed by atoms with van der Waals surface area (Å²) in [5.74, 6) is 0. The number of hydrogen-bond donors (Lipinski definition) is 1.